The Morgan fingerprint density at radius 1 is 1.08 bits per heavy atom. The molecule has 1 aliphatic heterocycles. The number of ether oxygens (including phenoxy) is 2. The molecule has 10 nitrogen and oxygen atoms in total. The van der Waals surface area contributed by atoms with Gasteiger partial charge in [0.15, 0.2) is 0 Å². The number of aryl methyl sites for hydroxylation is 1. The van der Waals surface area contributed by atoms with Crippen LogP contribution in [0.2, 0.25) is 0 Å². The predicted octanol–water partition coefficient (Wildman–Crippen LogP) is 4.54. The van der Waals surface area contributed by atoms with Crippen LogP contribution in [0.3, 0.4) is 0 Å². The van der Waals surface area contributed by atoms with Gasteiger partial charge in [-0.1, -0.05) is 25.0 Å². The number of benzene rings is 2. The molecule has 0 bridgehead atoms. The zero-order chi connectivity index (χ0) is 26.9. The Morgan fingerprint density at radius 3 is 2.63 bits per heavy atom. The molecular weight excluding hydrogens is 488 g/mol. The van der Waals surface area contributed by atoms with Crippen LogP contribution in [0.1, 0.15) is 61.0 Å². The highest BCUT2D eigenvalue weighted by Crippen LogP contribution is 2.30. The second-order valence-electron chi connectivity index (χ2n) is 9.33. The van der Waals surface area contributed by atoms with Crippen LogP contribution >= 0.6 is 0 Å². The summed E-state index contributed by atoms with van der Waals surface area (Å²) >= 11 is 0. The second-order valence-corrected chi connectivity index (χ2v) is 9.33. The fourth-order valence-corrected chi connectivity index (χ4v) is 4.67. The molecule has 3 aromatic rings. The van der Waals surface area contributed by atoms with Crippen molar-refractivity contribution in [3.8, 4) is 5.75 Å². The van der Waals surface area contributed by atoms with E-state index in [1.165, 1.54) is 0 Å². The number of unbranched alkanes of at least 4 members (excludes halogenated alkanes) is 2. The van der Waals surface area contributed by atoms with Gasteiger partial charge >= 0.3 is 0 Å². The van der Waals surface area contributed by atoms with E-state index in [0.29, 0.717) is 55.0 Å². The number of amides is 3. The normalized spacial score (nSPS) is 16.5. The molecule has 10 heteroatoms. The minimum Gasteiger partial charge on any atom is -0.497 e. The van der Waals surface area contributed by atoms with E-state index in [0.717, 1.165) is 35.9 Å². The predicted molar refractivity (Wildman–Crippen MR) is 144 cm³/mol. The van der Waals surface area contributed by atoms with Crippen molar-refractivity contribution in [2.24, 2.45) is 0 Å². The summed E-state index contributed by atoms with van der Waals surface area (Å²) in [4.78, 5) is 41.4. The number of nitrogens with one attached hydrogen (secondary N) is 4. The van der Waals surface area contributed by atoms with Crippen molar-refractivity contribution < 1.29 is 29.1 Å². The summed E-state index contributed by atoms with van der Waals surface area (Å²) < 4.78 is 11.4. The van der Waals surface area contributed by atoms with Crippen LogP contribution in [0.25, 0.3) is 10.9 Å². The van der Waals surface area contributed by atoms with E-state index in [1.54, 1.807) is 36.9 Å². The van der Waals surface area contributed by atoms with E-state index < -0.39 is 12.0 Å². The first kappa shape index (κ1) is 27.2. The number of carbonyl (C=O) groups is 3. The van der Waals surface area contributed by atoms with Gasteiger partial charge in [-0.05, 0) is 62.4 Å². The Balaban J connectivity index is 1.55. The van der Waals surface area contributed by atoms with Crippen LogP contribution in [0.5, 0.6) is 5.75 Å². The lowest BCUT2D eigenvalue weighted by Crippen LogP contribution is -2.31. The van der Waals surface area contributed by atoms with Gasteiger partial charge in [0.05, 0.1) is 24.0 Å². The number of carbonyl (C=O) groups excluding carboxylic acids is 3. The molecule has 4 rings (SSSR count). The SMILES string of the molecule is COc1ccc2[nH]c3c(c2c1)C(=O)Nc1ccccc1NC(=O)[C@H](CCCCCC(=O)NO)OCCCC3. The average Bonchev–Trinajstić information content (AvgIpc) is 3.29. The molecule has 2 heterocycles. The van der Waals surface area contributed by atoms with Crippen molar-refractivity contribution in [2.45, 2.75) is 57.5 Å². The van der Waals surface area contributed by atoms with Crippen LogP contribution in [-0.4, -0.2) is 47.7 Å². The summed E-state index contributed by atoms with van der Waals surface area (Å²) in [5.41, 5.74) is 4.85. The summed E-state index contributed by atoms with van der Waals surface area (Å²) in [7, 11) is 1.59. The van der Waals surface area contributed by atoms with Crippen molar-refractivity contribution in [2.75, 3.05) is 24.4 Å². The number of aromatic amines is 1. The Kier molecular flexibility index (Phi) is 9.34. The van der Waals surface area contributed by atoms with Crippen molar-refractivity contribution >= 4 is 40.0 Å². The smallest absolute Gasteiger partial charge is 0.258 e. The van der Waals surface area contributed by atoms with E-state index in [2.05, 4.69) is 15.6 Å². The maximum absolute atomic E-state index is 13.6. The molecular formula is C28H34N4O6. The third-order valence-electron chi connectivity index (χ3n) is 6.67. The van der Waals surface area contributed by atoms with Gasteiger partial charge in [-0.3, -0.25) is 19.6 Å². The monoisotopic (exact) mass is 522 g/mol. The first-order valence-corrected chi connectivity index (χ1v) is 12.9. The lowest BCUT2D eigenvalue weighted by atomic mass is 10.0. The lowest BCUT2D eigenvalue weighted by Gasteiger charge is -2.20. The van der Waals surface area contributed by atoms with Crippen LogP contribution in [0.15, 0.2) is 42.5 Å². The summed E-state index contributed by atoms with van der Waals surface area (Å²) in [5, 5.41) is 15.3. The van der Waals surface area contributed by atoms with Crippen molar-refractivity contribution in [1.82, 2.24) is 10.5 Å². The molecule has 1 aliphatic rings. The molecule has 2 aromatic carbocycles. The van der Waals surface area contributed by atoms with Gasteiger partial charge in [-0.15, -0.1) is 0 Å². The van der Waals surface area contributed by atoms with Gasteiger partial charge in [-0.2, -0.15) is 0 Å². The van der Waals surface area contributed by atoms with Crippen molar-refractivity contribution in [1.29, 1.82) is 0 Å². The molecule has 0 radical (unpaired) electrons. The zero-order valence-electron chi connectivity index (χ0n) is 21.5. The zero-order valence-corrected chi connectivity index (χ0v) is 21.5. The van der Waals surface area contributed by atoms with Crippen LogP contribution in [-0.2, 0) is 20.7 Å². The van der Waals surface area contributed by atoms with Crippen LogP contribution in [0, 0.1) is 0 Å². The molecule has 1 atom stereocenters. The minimum atomic E-state index is -0.663. The van der Waals surface area contributed by atoms with E-state index in [-0.39, 0.29) is 18.2 Å². The number of rotatable bonds is 7. The number of methoxy groups -OCH3 is 1. The number of anilines is 2. The Bertz CT molecular complexity index is 1290. The van der Waals surface area contributed by atoms with Gasteiger partial charge in [0, 0.05) is 29.6 Å². The molecule has 0 spiro atoms. The molecule has 0 saturated heterocycles. The number of hydrogen-bond acceptors (Lipinski definition) is 6. The number of fused-ring (bicyclic) bond motifs is 4. The van der Waals surface area contributed by atoms with Gasteiger partial charge in [0.2, 0.25) is 5.91 Å². The van der Waals surface area contributed by atoms with Gasteiger partial charge < -0.3 is 25.1 Å². The highest BCUT2D eigenvalue weighted by molar-refractivity contribution is 6.15. The van der Waals surface area contributed by atoms with Crippen molar-refractivity contribution in [3.63, 3.8) is 0 Å². The Hall–Kier alpha value is -3.89. The standard InChI is InChI=1S/C28H34N4O6/c1-37-18-14-15-20-19(17-18)26-23(29-20)11-7-8-16-38-24(12-3-2-4-13-25(33)32-36)27(34)30-21-9-5-6-10-22(21)31-28(26)35/h5-6,9-10,14-15,17,24,29,36H,2-4,7-8,11-13,16H2,1H3,(H,30,34)(H,31,35)(H,32,33)/t24-/m0/s1. The van der Waals surface area contributed by atoms with Gasteiger partial charge in [0.1, 0.15) is 11.9 Å². The molecule has 38 heavy (non-hydrogen) atoms. The maximum Gasteiger partial charge on any atom is 0.258 e. The highest BCUT2D eigenvalue weighted by Gasteiger charge is 2.23. The molecule has 1 aromatic heterocycles. The number of hydroxylamine groups is 1. The fourth-order valence-electron chi connectivity index (χ4n) is 4.67. The third kappa shape index (κ3) is 6.70. The summed E-state index contributed by atoms with van der Waals surface area (Å²) in [6.07, 6.45) is 4.21. The minimum absolute atomic E-state index is 0.226. The molecule has 0 aliphatic carbocycles. The molecule has 0 fully saturated rings. The quantitative estimate of drug-likeness (QED) is 0.175. The number of hydrogen-bond donors (Lipinski definition) is 5. The van der Waals surface area contributed by atoms with E-state index in [1.807, 2.05) is 18.2 Å². The first-order chi connectivity index (χ1) is 18.5. The topological polar surface area (TPSA) is 142 Å². The molecule has 202 valence electrons. The maximum atomic E-state index is 13.6. The largest absolute Gasteiger partial charge is 0.497 e. The molecule has 0 unspecified atom stereocenters. The van der Waals surface area contributed by atoms with Gasteiger partial charge in [0.25, 0.3) is 11.8 Å². The fraction of sp³-hybridized carbons (Fsp3) is 0.393. The average molecular weight is 523 g/mol. The summed E-state index contributed by atoms with van der Waals surface area (Å²) in [5.74, 6) is -0.310. The number of aromatic nitrogens is 1. The van der Waals surface area contributed by atoms with Crippen molar-refractivity contribution in [3.05, 3.63) is 53.7 Å². The van der Waals surface area contributed by atoms with Crippen LogP contribution < -0.4 is 20.9 Å². The number of H-pyrrole nitrogens is 1. The Labute approximate surface area is 221 Å². The van der Waals surface area contributed by atoms with E-state index >= 15 is 0 Å². The van der Waals surface area contributed by atoms with Crippen LogP contribution in [0.4, 0.5) is 11.4 Å². The molecule has 5 N–H and O–H groups in total. The summed E-state index contributed by atoms with van der Waals surface area (Å²) in [6.45, 7) is 0.405. The second kappa shape index (κ2) is 13.1. The number of para-hydroxylation sites is 2. The lowest BCUT2D eigenvalue weighted by molar-refractivity contribution is -0.129. The summed E-state index contributed by atoms with van der Waals surface area (Å²) in [6, 6.07) is 12.7. The van der Waals surface area contributed by atoms with Gasteiger partial charge in [-0.25, -0.2) is 5.48 Å². The van der Waals surface area contributed by atoms with E-state index in [4.69, 9.17) is 14.7 Å². The Morgan fingerprint density at radius 2 is 1.87 bits per heavy atom. The highest BCUT2D eigenvalue weighted by atomic mass is 16.5. The third-order valence-corrected chi connectivity index (χ3v) is 6.67. The van der Waals surface area contributed by atoms with E-state index in [9.17, 15) is 14.4 Å². The molecule has 0 saturated carbocycles. The molecule has 3 amide bonds. The first-order valence-electron chi connectivity index (χ1n) is 12.9.